The molecule has 0 nitrogen and oxygen atoms in total. The molecule has 3 aromatic rings. The molecule has 0 spiro atoms. The number of rotatable bonds is 4. The molecule has 0 N–H and O–H groups in total. The lowest BCUT2D eigenvalue weighted by atomic mass is 10.0. The summed E-state index contributed by atoms with van der Waals surface area (Å²) in [5, 5.41) is 4.27. The topological polar surface area (TPSA) is 0 Å². The lowest BCUT2D eigenvalue weighted by molar-refractivity contribution is 1.22. The van der Waals surface area contributed by atoms with Gasteiger partial charge in [-0.2, -0.15) is 0 Å². The third-order valence-electron chi connectivity index (χ3n) is 5.60. The van der Waals surface area contributed by atoms with E-state index >= 15 is 0 Å². The summed E-state index contributed by atoms with van der Waals surface area (Å²) in [6, 6.07) is 31.0. The Morgan fingerprint density at radius 3 is 1.63 bits per heavy atom. The van der Waals surface area contributed by atoms with Gasteiger partial charge in [-0.25, -0.2) is 0 Å². The molecule has 0 fully saturated rings. The van der Waals surface area contributed by atoms with Gasteiger partial charge in [-0.3, -0.25) is 0 Å². The van der Waals surface area contributed by atoms with E-state index in [1.807, 2.05) is 0 Å². The maximum absolute atomic E-state index is 2.34. The average molecular weight is 368 g/mol. The van der Waals surface area contributed by atoms with Crippen molar-refractivity contribution in [2.24, 2.45) is 0 Å². The Bertz CT molecular complexity index is 971. The van der Waals surface area contributed by atoms with Crippen molar-refractivity contribution in [2.45, 2.75) is 27.2 Å². The smallest absolute Gasteiger partial charge is 0.00551 e. The number of benzene rings is 3. The maximum Gasteiger partial charge on any atom is -0.00551 e. The Morgan fingerprint density at radius 1 is 0.593 bits per heavy atom. The molecule has 0 unspecified atom stereocenters. The van der Waals surface area contributed by atoms with Crippen LogP contribution < -0.4 is 15.9 Å². The van der Waals surface area contributed by atoms with Gasteiger partial charge in [-0.05, 0) is 73.3 Å². The quantitative estimate of drug-likeness (QED) is 0.499. The van der Waals surface area contributed by atoms with Crippen molar-refractivity contribution < 1.29 is 0 Å². The van der Waals surface area contributed by atoms with E-state index in [4.69, 9.17) is 0 Å². The third kappa shape index (κ3) is 3.43. The fraction of sp³-hybridized carbons (Fsp3) is 0.154. The summed E-state index contributed by atoms with van der Waals surface area (Å²) in [5.74, 6) is 0. The monoisotopic (exact) mass is 368 g/mol. The molecule has 0 heterocycles. The standard InChI is InChI=1S/C26H25P/c1-19-18-25(21(3)20(19)2)24-16-10-11-17-26(24)27(22-12-6-4-7-13-22)23-14-8-5-9-15-23/h4-17H,18H2,1-3H3. The fourth-order valence-corrected chi connectivity index (χ4v) is 6.36. The normalized spacial score (nSPS) is 14.4. The predicted octanol–water partition coefficient (Wildman–Crippen LogP) is 5.96. The van der Waals surface area contributed by atoms with Gasteiger partial charge in [-0.15, -0.1) is 0 Å². The molecule has 1 heteroatoms. The molecule has 0 aromatic heterocycles. The van der Waals surface area contributed by atoms with Crippen LogP contribution >= 0.6 is 7.92 Å². The van der Waals surface area contributed by atoms with Crippen molar-refractivity contribution in [1.29, 1.82) is 0 Å². The largest absolute Gasteiger partial charge is 0.0657 e. The van der Waals surface area contributed by atoms with E-state index in [1.165, 1.54) is 43.8 Å². The fourth-order valence-electron chi connectivity index (χ4n) is 3.88. The van der Waals surface area contributed by atoms with Gasteiger partial charge in [0.1, 0.15) is 0 Å². The van der Waals surface area contributed by atoms with Crippen LogP contribution in [0.2, 0.25) is 0 Å². The van der Waals surface area contributed by atoms with Crippen LogP contribution in [0.1, 0.15) is 32.8 Å². The van der Waals surface area contributed by atoms with E-state index in [9.17, 15) is 0 Å². The number of allylic oxidation sites excluding steroid dienone is 4. The molecule has 0 radical (unpaired) electrons. The molecule has 0 atom stereocenters. The van der Waals surface area contributed by atoms with Crippen LogP contribution in [-0.4, -0.2) is 0 Å². The molecule has 0 bridgehead atoms. The van der Waals surface area contributed by atoms with Crippen molar-refractivity contribution in [3.8, 4) is 0 Å². The molecule has 0 aliphatic heterocycles. The molecule has 27 heavy (non-hydrogen) atoms. The van der Waals surface area contributed by atoms with Crippen molar-refractivity contribution in [3.05, 3.63) is 107 Å². The Morgan fingerprint density at radius 2 is 1.11 bits per heavy atom. The molecule has 3 aromatic carbocycles. The Balaban J connectivity index is 1.91. The zero-order chi connectivity index (χ0) is 18.8. The first kappa shape index (κ1) is 18.0. The molecule has 1 aliphatic carbocycles. The van der Waals surface area contributed by atoms with Crippen LogP contribution in [0.25, 0.3) is 5.57 Å². The van der Waals surface area contributed by atoms with Gasteiger partial charge in [-0.1, -0.05) is 90.5 Å². The highest BCUT2D eigenvalue weighted by Crippen LogP contribution is 2.41. The molecule has 0 saturated heterocycles. The zero-order valence-corrected chi connectivity index (χ0v) is 17.1. The zero-order valence-electron chi connectivity index (χ0n) is 16.2. The summed E-state index contributed by atoms with van der Waals surface area (Å²) < 4.78 is 0. The average Bonchev–Trinajstić information content (AvgIpc) is 2.97. The van der Waals surface area contributed by atoms with Crippen molar-refractivity contribution in [3.63, 3.8) is 0 Å². The van der Waals surface area contributed by atoms with Gasteiger partial charge < -0.3 is 0 Å². The van der Waals surface area contributed by atoms with Crippen LogP contribution in [0, 0.1) is 0 Å². The lowest BCUT2D eigenvalue weighted by Crippen LogP contribution is -2.23. The highest BCUT2D eigenvalue weighted by atomic mass is 31.1. The minimum absolute atomic E-state index is 0.583. The Kier molecular flexibility index (Phi) is 5.10. The minimum atomic E-state index is -0.583. The summed E-state index contributed by atoms with van der Waals surface area (Å²) in [4.78, 5) is 0. The lowest BCUT2D eigenvalue weighted by Gasteiger charge is -2.23. The highest BCUT2D eigenvalue weighted by molar-refractivity contribution is 7.80. The van der Waals surface area contributed by atoms with Gasteiger partial charge in [0.25, 0.3) is 0 Å². The molecule has 0 amide bonds. The van der Waals surface area contributed by atoms with E-state index in [0.717, 1.165) is 6.42 Å². The van der Waals surface area contributed by atoms with E-state index in [0.29, 0.717) is 0 Å². The minimum Gasteiger partial charge on any atom is -0.0657 e. The predicted molar refractivity (Wildman–Crippen MR) is 121 cm³/mol. The van der Waals surface area contributed by atoms with Crippen LogP contribution in [0.5, 0.6) is 0 Å². The van der Waals surface area contributed by atoms with Crippen LogP contribution in [0.15, 0.2) is 102 Å². The molecular weight excluding hydrogens is 343 g/mol. The molecule has 0 saturated carbocycles. The second-order valence-electron chi connectivity index (χ2n) is 7.21. The van der Waals surface area contributed by atoms with Gasteiger partial charge in [0.15, 0.2) is 0 Å². The van der Waals surface area contributed by atoms with Gasteiger partial charge in [0.05, 0.1) is 0 Å². The van der Waals surface area contributed by atoms with E-state index in [2.05, 4.69) is 106 Å². The van der Waals surface area contributed by atoms with Gasteiger partial charge in [0, 0.05) is 0 Å². The molecule has 4 rings (SSSR count). The summed E-state index contributed by atoms with van der Waals surface area (Å²) in [6.07, 6.45) is 1.07. The van der Waals surface area contributed by atoms with E-state index in [-0.39, 0.29) is 0 Å². The summed E-state index contributed by atoms with van der Waals surface area (Å²) in [5.41, 5.74) is 7.34. The SMILES string of the molecule is CC1=C(C)C(C)=C(c2ccccc2P(c2ccccc2)c2ccccc2)C1. The van der Waals surface area contributed by atoms with Crippen molar-refractivity contribution >= 4 is 29.4 Å². The van der Waals surface area contributed by atoms with Crippen LogP contribution in [-0.2, 0) is 0 Å². The molecule has 134 valence electrons. The van der Waals surface area contributed by atoms with Crippen molar-refractivity contribution in [1.82, 2.24) is 0 Å². The second kappa shape index (κ2) is 7.67. The molecule has 1 aliphatic rings. The highest BCUT2D eigenvalue weighted by Gasteiger charge is 2.24. The summed E-state index contributed by atoms with van der Waals surface area (Å²) in [6.45, 7) is 6.81. The first-order valence-corrected chi connectivity index (χ1v) is 10.9. The van der Waals surface area contributed by atoms with Crippen LogP contribution in [0.3, 0.4) is 0 Å². The third-order valence-corrected chi connectivity index (χ3v) is 8.10. The van der Waals surface area contributed by atoms with Crippen LogP contribution in [0.4, 0.5) is 0 Å². The van der Waals surface area contributed by atoms with E-state index in [1.54, 1.807) is 0 Å². The summed E-state index contributed by atoms with van der Waals surface area (Å²) >= 11 is 0. The maximum atomic E-state index is 2.34. The number of hydrogen-bond donors (Lipinski definition) is 0. The first-order chi connectivity index (χ1) is 13.2. The number of hydrogen-bond acceptors (Lipinski definition) is 0. The van der Waals surface area contributed by atoms with Crippen molar-refractivity contribution in [2.75, 3.05) is 0 Å². The second-order valence-corrected chi connectivity index (χ2v) is 9.39. The Labute approximate surface area is 164 Å². The first-order valence-electron chi connectivity index (χ1n) is 9.53. The van der Waals surface area contributed by atoms with E-state index < -0.39 is 7.92 Å². The summed E-state index contributed by atoms with van der Waals surface area (Å²) in [7, 11) is -0.583. The Hall–Kier alpha value is -2.43. The van der Waals surface area contributed by atoms with Gasteiger partial charge >= 0.3 is 0 Å². The molecular formula is C26H25P. The van der Waals surface area contributed by atoms with Gasteiger partial charge in [0.2, 0.25) is 0 Å².